The molecule has 0 spiro atoms. The topological polar surface area (TPSA) is 59.3 Å². The molecule has 1 aliphatic carbocycles. The Balaban J connectivity index is 1.66. The van der Waals surface area contributed by atoms with Crippen molar-refractivity contribution in [3.8, 4) is 22.4 Å². The van der Waals surface area contributed by atoms with Crippen molar-refractivity contribution >= 4 is 23.2 Å². The van der Waals surface area contributed by atoms with E-state index in [1.165, 1.54) is 22.8 Å². The van der Waals surface area contributed by atoms with E-state index in [2.05, 4.69) is 15.4 Å². The first-order chi connectivity index (χ1) is 16.3. The van der Waals surface area contributed by atoms with Gasteiger partial charge in [-0.2, -0.15) is 18.3 Å². The Morgan fingerprint density at radius 3 is 2.38 bits per heavy atom. The predicted molar refractivity (Wildman–Crippen MR) is 124 cm³/mol. The Hall–Kier alpha value is -3.39. The number of nitrogens with zero attached hydrogens (tertiary/aromatic N) is 3. The van der Waals surface area contributed by atoms with Crippen molar-refractivity contribution in [3.05, 3.63) is 77.1 Å². The van der Waals surface area contributed by atoms with Crippen LogP contribution in [0.5, 0.6) is 0 Å². The third kappa shape index (κ3) is 4.14. The van der Waals surface area contributed by atoms with Gasteiger partial charge in [0.15, 0.2) is 5.65 Å². The van der Waals surface area contributed by atoms with Gasteiger partial charge < -0.3 is 5.32 Å². The summed E-state index contributed by atoms with van der Waals surface area (Å²) >= 11 is 6.43. The molecule has 5 nitrogen and oxygen atoms in total. The van der Waals surface area contributed by atoms with Gasteiger partial charge in [0.1, 0.15) is 5.56 Å². The maximum Gasteiger partial charge on any atom is 0.416 e. The molecule has 0 bridgehead atoms. The molecule has 174 valence electrons. The van der Waals surface area contributed by atoms with Crippen LogP contribution in [0.4, 0.5) is 13.2 Å². The summed E-state index contributed by atoms with van der Waals surface area (Å²) in [6.07, 6.45) is 2.61. The third-order valence-electron chi connectivity index (χ3n) is 6.11. The molecule has 9 heteroatoms. The standard InChI is InChI=1S/C25H20ClF3N4O/c26-21-8-4-3-7-18(21)19-13-30-23-20(24(34)32-17-5-1-2-6-17)14-31-33(23)22(19)15-9-11-16(12-10-15)25(27,28)29/h3-4,7-14,17H,1-2,5-6H2,(H,32,34). The minimum absolute atomic E-state index is 0.124. The number of nitrogens with one attached hydrogen (secondary N) is 1. The maximum atomic E-state index is 13.1. The van der Waals surface area contributed by atoms with Crippen LogP contribution in [0, 0.1) is 0 Å². The minimum Gasteiger partial charge on any atom is -0.349 e. The first kappa shape index (κ1) is 22.4. The van der Waals surface area contributed by atoms with Crippen LogP contribution in [0.1, 0.15) is 41.6 Å². The van der Waals surface area contributed by atoms with E-state index in [0.717, 1.165) is 37.8 Å². The Labute approximate surface area is 198 Å². The van der Waals surface area contributed by atoms with Gasteiger partial charge in [0.05, 0.1) is 17.5 Å². The summed E-state index contributed by atoms with van der Waals surface area (Å²) in [6.45, 7) is 0. The average molecular weight is 485 g/mol. The largest absolute Gasteiger partial charge is 0.416 e. The Morgan fingerprint density at radius 1 is 1.00 bits per heavy atom. The van der Waals surface area contributed by atoms with Gasteiger partial charge in [0, 0.05) is 34.0 Å². The molecular weight excluding hydrogens is 465 g/mol. The van der Waals surface area contributed by atoms with E-state index in [0.29, 0.717) is 38.6 Å². The molecule has 4 aromatic rings. The molecule has 0 radical (unpaired) electrons. The van der Waals surface area contributed by atoms with E-state index in [9.17, 15) is 18.0 Å². The number of carbonyl (C=O) groups excluding carboxylic acids is 1. The van der Waals surface area contributed by atoms with E-state index in [4.69, 9.17) is 11.6 Å². The highest BCUT2D eigenvalue weighted by atomic mass is 35.5. The molecule has 2 heterocycles. The zero-order chi connectivity index (χ0) is 23.9. The van der Waals surface area contributed by atoms with Crippen LogP contribution in [0.15, 0.2) is 60.9 Å². The van der Waals surface area contributed by atoms with Gasteiger partial charge in [-0.1, -0.05) is 54.8 Å². The zero-order valence-electron chi connectivity index (χ0n) is 17.9. The zero-order valence-corrected chi connectivity index (χ0v) is 18.7. The number of benzene rings is 2. The number of amides is 1. The summed E-state index contributed by atoms with van der Waals surface area (Å²) in [5.41, 5.74) is 2.10. The number of hydrogen-bond acceptors (Lipinski definition) is 3. The van der Waals surface area contributed by atoms with E-state index >= 15 is 0 Å². The highest BCUT2D eigenvalue weighted by Crippen LogP contribution is 2.37. The summed E-state index contributed by atoms with van der Waals surface area (Å²) in [5.74, 6) is -0.265. The number of aromatic nitrogens is 3. The first-order valence-electron chi connectivity index (χ1n) is 10.9. The second kappa shape index (κ2) is 8.76. The Bertz CT molecular complexity index is 1360. The van der Waals surface area contributed by atoms with Crippen LogP contribution in [-0.2, 0) is 6.18 Å². The number of hydrogen-bond donors (Lipinski definition) is 1. The number of fused-ring (bicyclic) bond motifs is 1. The summed E-state index contributed by atoms with van der Waals surface area (Å²) in [7, 11) is 0. The van der Waals surface area contributed by atoms with Crippen molar-refractivity contribution in [2.75, 3.05) is 0 Å². The van der Waals surface area contributed by atoms with Crippen LogP contribution >= 0.6 is 11.6 Å². The lowest BCUT2D eigenvalue weighted by Crippen LogP contribution is -2.32. The van der Waals surface area contributed by atoms with Crippen molar-refractivity contribution < 1.29 is 18.0 Å². The molecule has 1 aliphatic rings. The summed E-state index contributed by atoms with van der Waals surface area (Å²) in [6, 6.07) is 12.1. The maximum absolute atomic E-state index is 13.1. The summed E-state index contributed by atoms with van der Waals surface area (Å²) < 4.78 is 40.9. The highest BCUT2D eigenvalue weighted by molar-refractivity contribution is 6.33. The van der Waals surface area contributed by atoms with Crippen LogP contribution in [0.25, 0.3) is 28.0 Å². The van der Waals surface area contributed by atoms with E-state index in [1.807, 2.05) is 6.07 Å². The van der Waals surface area contributed by atoms with Crippen molar-refractivity contribution in [3.63, 3.8) is 0 Å². The minimum atomic E-state index is -4.45. The number of alkyl halides is 3. The van der Waals surface area contributed by atoms with Crippen LogP contribution in [-0.4, -0.2) is 26.5 Å². The molecule has 0 saturated heterocycles. The molecule has 0 aliphatic heterocycles. The Kier molecular flexibility index (Phi) is 5.77. The molecule has 1 saturated carbocycles. The molecule has 34 heavy (non-hydrogen) atoms. The van der Waals surface area contributed by atoms with Gasteiger partial charge in [-0.3, -0.25) is 4.79 Å². The lowest BCUT2D eigenvalue weighted by Gasteiger charge is -2.15. The van der Waals surface area contributed by atoms with Gasteiger partial charge in [-0.25, -0.2) is 9.50 Å². The van der Waals surface area contributed by atoms with Crippen molar-refractivity contribution in [1.29, 1.82) is 0 Å². The van der Waals surface area contributed by atoms with Gasteiger partial charge in [0.2, 0.25) is 0 Å². The normalized spacial score (nSPS) is 14.6. The SMILES string of the molecule is O=C(NC1CCCC1)c1cnn2c(-c3ccc(C(F)(F)F)cc3)c(-c3ccccc3Cl)cnc12. The summed E-state index contributed by atoms with van der Waals surface area (Å²) in [5, 5.41) is 7.90. The Morgan fingerprint density at radius 2 is 1.71 bits per heavy atom. The lowest BCUT2D eigenvalue weighted by molar-refractivity contribution is -0.137. The molecular formula is C25H20ClF3N4O. The molecule has 1 amide bonds. The second-order valence-corrected chi connectivity index (χ2v) is 8.73. The fourth-order valence-electron chi connectivity index (χ4n) is 4.40. The molecule has 1 N–H and O–H groups in total. The smallest absolute Gasteiger partial charge is 0.349 e. The monoisotopic (exact) mass is 484 g/mol. The quantitative estimate of drug-likeness (QED) is 0.364. The van der Waals surface area contributed by atoms with Crippen molar-refractivity contribution in [2.45, 2.75) is 37.9 Å². The summed E-state index contributed by atoms with van der Waals surface area (Å²) in [4.78, 5) is 17.4. The highest BCUT2D eigenvalue weighted by Gasteiger charge is 2.30. The lowest BCUT2D eigenvalue weighted by atomic mass is 9.99. The van der Waals surface area contributed by atoms with Gasteiger partial charge >= 0.3 is 6.18 Å². The fourth-order valence-corrected chi connectivity index (χ4v) is 4.63. The fraction of sp³-hybridized carbons (Fsp3) is 0.240. The van der Waals surface area contributed by atoms with Crippen molar-refractivity contribution in [1.82, 2.24) is 19.9 Å². The molecule has 0 atom stereocenters. The molecule has 5 rings (SSSR count). The van der Waals surface area contributed by atoms with E-state index in [1.54, 1.807) is 24.4 Å². The van der Waals surface area contributed by atoms with E-state index < -0.39 is 11.7 Å². The number of carbonyl (C=O) groups is 1. The molecule has 2 aromatic carbocycles. The van der Waals surface area contributed by atoms with Crippen LogP contribution < -0.4 is 5.32 Å². The van der Waals surface area contributed by atoms with Crippen LogP contribution in [0.3, 0.4) is 0 Å². The number of rotatable bonds is 4. The van der Waals surface area contributed by atoms with E-state index in [-0.39, 0.29) is 11.9 Å². The second-order valence-electron chi connectivity index (χ2n) is 8.32. The van der Waals surface area contributed by atoms with Gasteiger partial charge in [0.25, 0.3) is 5.91 Å². The van der Waals surface area contributed by atoms with Gasteiger partial charge in [-0.15, -0.1) is 0 Å². The van der Waals surface area contributed by atoms with Crippen molar-refractivity contribution in [2.24, 2.45) is 0 Å². The first-order valence-corrected chi connectivity index (χ1v) is 11.3. The molecule has 1 fully saturated rings. The predicted octanol–water partition coefficient (Wildman–Crippen LogP) is 6.41. The van der Waals surface area contributed by atoms with Gasteiger partial charge in [-0.05, 0) is 31.0 Å². The molecule has 0 unspecified atom stereocenters. The molecule has 2 aromatic heterocycles. The van der Waals surface area contributed by atoms with Crippen LogP contribution in [0.2, 0.25) is 5.02 Å². The third-order valence-corrected chi connectivity index (χ3v) is 6.44. The average Bonchev–Trinajstić information content (AvgIpc) is 3.48. The number of halogens is 4.